The fourth-order valence-electron chi connectivity index (χ4n) is 3.84. The highest BCUT2D eigenvalue weighted by atomic mass is 32.1. The molecule has 7 heteroatoms. The van der Waals surface area contributed by atoms with Crippen molar-refractivity contribution in [1.82, 2.24) is 9.88 Å². The average molecular weight is 463 g/mol. The maximum absolute atomic E-state index is 13.1. The highest BCUT2D eigenvalue weighted by Gasteiger charge is 2.46. The Morgan fingerprint density at radius 1 is 1.21 bits per heavy atom. The number of benzene rings is 1. The van der Waals surface area contributed by atoms with Gasteiger partial charge in [0, 0.05) is 29.4 Å². The lowest BCUT2D eigenvalue weighted by Crippen LogP contribution is -2.28. The Balaban J connectivity index is 1.75. The van der Waals surface area contributed by atoms with E-state index in [1.165, 1.54) is 16.2 Å². The van der Waals surface area contributed by atoms with E-state index >= 15 is 0 Å². The number of aromatic nitrogens is 1. The number of hydrogen-bond acceptors (Lipinski definition) is 6. The van der Waals surface area contributed by atoms with Gasteiger partial charge in [-0.25, -0.2) is 0 Å². The predicted molar refractivity (Wildman–Crippen MR) is 128 cm³/mol. The molecule has 2 aromatic heterocycles. The van der Waals surface area contributed by atoms with Gasteiger partial charge >= 0.3 is 0 Å². The monoisotopic (exact) mass is 462 g/mol. The van der Waals surface area contributed by atoms with E-state index in [1.807, 2.05) is 30.5 Å². The van der Waals surface area contributed by atoms with E-state index < -0.39 is 17.7 Å². The molecule has 33 heavy (non-hydrogen) atoms. The van der Waals surface area contributed by atoms with E-state index in [0.717, 1.165) is 21.8 Å². The van der Waals surface area contributed by atoms with Crippen LogP contribution in [0.25, 0.3) is 5.76 Å². The molecule has 1 aromatic carbocycles. The van der Waals surface area contributed by atoms with Gasteiger partial charge in [0.15, 0.2) is 0 Å². The number of aliphatic hydroxyl groups is 1. The number of ketones is 1. The number of carbonyl (C=O) groups is 2. The van der Waals surface area contributed by atoms with Crippen molar-refractivity contribution < 1.29 is 19.4 Å². The Morgan fingerprint density at radius 3 is 2.67 bits per heavy atom. The van der Waals surface area contributed by atoms with Crippen molar-refractivity contribution in [3.63, 3.8) is 0 Å². The number of nitrogens with zero attached hydrogens (tertiary/aromatic N) is 2. The Bertz CT molecular complexity index is 1190. The van der Waals surface area contributed by atoms with E-state index in [0.29, 0.717) is 18.1 Å². The molecule has 1 amide bonds. The minimum atomic E-state index is -0.687. The summed E-state index contributed by atoms with van der Waals surface area (Å²) in [6.07, 6.45) is 3.33. The number of aliphatic hydroxyl groups excluding tert-OH is 1. The third kappa shape index (κ3) is 4.68. The number of carbonyl (C=O) groups excluding carboxylic acids is 2. The number of likely N-dealkylation sites (tertiary alicyclic amines) is 1. The first-order valence-corrected chi connectivity index (χ1v) is 11.7. The second kappa shape index (κ2) is 9.58. The van der Waals surface area contributed by atoms with E-state index in [-0.39, 0.29) is 17.9 Å². The molecule has 1 fully saturated rings. The summed E-state index contributed by atoms with van der Waals surface area (Å²) in [5.41, 5.74) is 2.23. The first-order chi connectivity index (χ1) is 15.9. The highest BCUT2D eigenvalue weighted by molar-refractivity contribution is 7.10. The van der Waals surface area contributed by atoms with Gasteiger partial charge in [-0.2, -0.15) is 0 Å². The van der Waals surface area contributed by atoms with Crippen LogP contribution < -0.4 is 4.74 Å². The van der Waals surface area contributed by atoms with Crippen molar-refractivity contribution in [1.29, 1.82) is 0 Å². The van der Waals surface area contributed by atoms with E-state index in [2.05, 4.69) is 18.8 Å². The molecule has 0 radical (unpaired) electrons. The van der Waals surface area contributed by atoms with Gasteiger partial charge in [0.1, 0.15) is 11.5 Å². The van der Waals surface area contributed by atoms with Crippen LogP contribution >= 0.6 is 11.3 Å². The van der Waals surface area contributed by atoms with Gasteiger partial charge in [0.2, 0.25) is 0 Å². The van der Waals surface area contributed by atoms with Crippen LogP contribution in [0.3, 0.4) is 0 Å². The van der Waals surface area contributed by atoms with Crippen molar-refractivity contribution in [3.8, 4) is 5.75 Å². The zero-order chi connectivity index (χ0) is 23.5. The summed E-state index contributed by atoms with van der Waals surface area (Å²) in [5.74, 6) is -0.384. The fraction of sp³-hybridized carbons (Fsp3) is 0.269. The van der Waals surface area contributed by atoms with E-state index in [1.54, 1.807) is 36.7 Å². The number of Topliss-reactive ketones (excluding diaryl/α,β-unsaturated/α-hetero) is 1. The molecule has 170 valence electrons. The minimum Gasteiger partial charge on any atom is -0.507 e. The largest absolute Gasteiger partial charge is 0.507 e. The van der Waals surface area contributed by atoms with Crippen LogP contribution in [0.4, 0.5) is 0 Å². The number of ether oxygens (including phenoxy) is 1. The lowest BCUT2D eigenvalue weighted by atomic mass is 9.98. The Kier molecular flexibility index (Phi) is 6.60. The molecule has 1 atom stereocenters. The summed E-state index contributed by atoms with van der Waals surface area (Å²) in [6.45, 7) is 6.85. The normalized spacial score (nSPS) is 17.7. The number of thiophene rings is 1. The molecule has 0 aliphatic carbocycles. The molecular formula is C26H26N2O4S. The molecule has 3 aromatic rings. The van der Waals surface area contributed by atoms with Crippen LogP contribution in [0.15, 0.2) is 65.8 Å². The molecule has 1 saturated heterocycles. The van der Waals surface area contributed by atoms with Gasteiger partial charge in [0.25, 0.3) is 11.7 Å². The molecule has 1 N–H and O–H groups in total. The smallest absolute Gasteiger partial charge is 0.295 e. The summed E-state index contributed by atoms with van der Waals surface area (Å²) < 4.78 is 5.83. The Hall–Kier alpha value is -3.45. The topological polar surface area (TPSA) is 79.7 Å². The summed E-state index contributed by atoms with van der Waals surface area (Å²) in [6, 6.07) is 12.0. The number of pyridine rings is 1. The molecule has 4 rings (SSSR count). The summed E-state index contributed by atoms with van der Waals surface area (Å²) in [4.78, 5) is 32.6. The summed E-state index contributed by atoms with van der Waals surface area (Å²) >= 11 is 1.44. The molecule has 0 saturated carbocycles. The zero-order valence-electron chi connectivity index (χ0n) is 18.8. The van der Waals surface area contributed by atoms with E-state index in [4.69, 9.17) is 4.74 Å². The van der Waals surface area contributed by atoms with Crippen molar-refractivity contribution >= 4 is 28.8 Å². The lowest BCUT2D eigenvalue weighted by Gasteiger charge is -2.24. The van der Waals surface area contributed by atoms with Crippen LogP contribution in [0.2, 0.25) is 0 Å². The molecule has 0 bridgehead atoms. The third-order valence-corrected chi connectivity index (χ3v) is 6.37. The summed E-state index contributed by atoms with van der Waals surface area (Å²) in [7, 11) is 0. The second-order valence-electron chi connectivity index (χ2n) is 8.49. The van der Waals surface area contributed by atoms with Crippen molar-refractivity contribution in [2.75, 3.05) is 6.61 Å². The lowest BCUT2D eigenvalue weighted by molar-refractivity contribution is -0.140. The Morgan fingerprint density at radius 2 is 2.03 bits per heavy atom. The van der Waals surface area contributed by atoms with Crippen LogP contribution in [0.1, 0.15) is 41.5 Å². The van der Waals surface area contributed by atoms with E-state index in [9.17, 15) is 14.7 Å². The number of hydrogen-bond donors (Lipinski definition) is 1. The maximum Gasteiger partial charge on any atom is 0.295 e. The first kappa shape index (κ1) is 22.7. The molecule has 6 nitrogen and oxygen atoms in total. The molecule has 1 aliphatic heterocycles. The van der Waals surface area contributed by atoms with Crippen LogP contribution in [-0.2, 0) is 16.1 Å². The number of aryl methyl sites for hydroxylation is 1. The first-order valence-electron chi connectivity index (χ1n) is 10.8. The molecule has 0 unspecified atom stereocenters. The molecule has 0 spiro atoms. The van der Waals surface area contributed by atoms with Crippen LogP contribution in [-0.4, -0.2) is 33.3 Å². The zero-order valence-corrected chi connectivity index (χ0v) is 19.6. The Labute approximate surface area is 197 Å². The minimum absolute atomic E-state index is 0.0987. The van der Waals surface area contributed by atoms with Gasteiger partial charge < -0.3 is 14.7 Å². The van der Waals surface area contributed by atoms with Crippen molar-refractivity contribution in [2.45, 2.75) is 33.4 Å². The van der Waals surface area contributed by atoms with Crippen LogP contribution in [0.5, 0.6) is 5.75 Å². The molecular weight excluding hydrogens is 436 g/mol. The van der Waals surface area contributed by atoms with Gasteiger partial charge in [-0.3, -0.25) is 14.6 Å². The second-order valence-corrected chi connectivity index (χ2v) is 9.47. The van der Waals surface area contributed by atoms with Gasteiger partial charge in [-0.05, 0) is 59.7 Å². The maximum atomic E-state index is 13.1. The van der Waals surface area contributed by atoms with Crippen molar-refractivity contribution in [2.24, 2.45) is 5.92 Å². The summed E-state index contributed by atoms with van der Waals surface area (Å²) in [5, 5.41) is 13.1. The standard InChI is InChI=1S/C26H26N2O4S/c1-16(2)15-32-20-9-8-19(12-17(20)3)24(29)22-23(21-7-5-11-33-21)28(26(31)25(22)30)14-18-6-4-10-27-13-18/h4-13,16,23,29H,14-15H2,1-3H3/b24-22+/t23-/m0/s1. The predicted octanol–water partition coefficient (Wildman–Crippen LogP) is 5.11. The average Bonchev–Trinajstić information content (AvgIpc) is 3.41. The number of rotatable bonds is 7. The molecule has 3 heterocycles. The van der Waals surface area contributed by atoms with Gasteiger partial charge in [-0.15, -0.1) is 11.3 Å². The van der Waals surface area contributed by atoms with Gasteiger partial charge in [-0.1, -0.05) is 26.0 Å². The van der Waals surface area contributed by atoms with Gasteiger partial charge in [0.05, 0.1) is 18.2 Å². The third-order valence-electron chi connectivity index (χ3n) is 5.45. The van der Waals surface area contributed by atoms with Crippen LogP contribution in [0, 0.1) is 12.8 Å². The molecule has 1 aliphatic rings. The fourth-order valence-corrected chi connectivity index (χ4v) is 4.69. The highest BCUT2D eigenvalue weighted by Crippen LogP contribution is 2.42. The SMILES string of the molecule is Cc1cc(/C(O)=C2\C(=O)C(=O)N(Cc3cccnc3)[C@H]2c2cccs2)ccc1OCC(C)C. The number of amides is 1. The quantitative estimate of drug-likeness (QED) is 0.300. The van der Waals surface area contributed by atoms with Crippen molar-refractivity contribution in [3.05, 3.63) is 87.4 Å².